The third-order valence-corrected chi connectivity index (χ3v) is 3.88. The average Bonchev–Trinajstić information content (AvgIpc) is 2.97. The quantitative estimate of drug-likeness (QED) is 0.921. The highest BCUT2D eigenvalue weighted by molar-refractivity contribution is 5.87. The number of carboxylic acid groups (broad SMARTS) is 1. The Morgan fingerprint density at radius 1 is 1.05 bits per heavy atom. The summed E-state index contributed by atoms with van der Waals surface area (Å²) in [6.07, 6.45) is 2.28. The summed E-state index contributed by atoms with van der Waals surface area (Å²) >= 11 is 0. The fourth-order valence-corrected chi connectivity index (χ4v) is 2.89. The molecule has 3 rings (SSSR count). The molecule has 0 saturated carbocycles. The molecule has 20 heavy (non-hydrogen) atoms. The maximum Gasteiger partial charge on any atom is 0.335 e. The van der Waals surface area contributed by atoms with Crippen molar-refractivity contribution < 1.29 is 9.90 Å². The van der Waals surface area contributed by atoms with Gasteiger partial charge < -0.3 is 10.0 Å². The van der Waals surface area contributed by atoms with Gasteiger partial charge in [-0.15, -0.1) is 0 Å². The van der Waals surface area contributed by atoms with Crippen LogP contribution in [0.3, 0.4) is 0 Å². The molecule has 3 heteroatoms. The number of nitrogens with zero attached hydrogens (tertiary/aromatic N) is 1. The lowest BCUT2D eigenvalue weighted by atomic mass is 10.0. The Morgan fingerprint density at radius 2 is 1.75 bits per heavy atom. The number of rotatable bonds is 3. The molecule has 0 radical (unpaired) electrons. The molecule has 102 valence electrons. The first-order valence-corrected chi connectivity index (χ1v) is 6.90. The number of carbonyl (C=O) groups is 1. The molecule has 3 nitrogen and oxygen atoms in total. The summed E-state index contributed by atoms with van der Waals surface area (Å²) in [5.41, 5.74) is 2.77. The summed E-state index contributed by atoms with van der Waals surface area (Å²) in [6, 6.07) is 18.0. The van der Waals surface area contributed by atoms with Gasteiger partial charge in [0.2, 0.25) is 0 Å². The van der Waals surface area contributed by atoms with Crippen molar-refractivity contribution in [1.29, 1.82) is 0 Å². The number of benzene rings is 2. The summed E-state index contributed by atoms with van der Waals surface area (Å²) in [5.74, 6) is -0.872. The van der Waals surface area contributed by atoms with E-state index in [4.69, 9.17) is 5.11 Å². The Kier molecular flexibility index (Phi) is 3.42. The first-order valence-electron chi connectivity index (χ1n) is 6.90. The van der Waals surface area contributed by atoms with Gasteiger partial charge in [0.1, 0.15) is 0 Å². The second-order valence-corrected chi connectivity index (χ2v) is 5.11. The molecule has 1 unspecified atom stereocenters. The van der Waals surface area contributed by atoms with E-state index in [0.29, 0.717) is 11.6 Å². The van der Waals surface area contributed by atoms with Gasteiger partial charge >= 0.3 is 5.97 Å². The Bertz CT molecular complexity index is 592. The monoisotopic (exact) mass is 267 g/mol. The number of hydrogen-bond acceptors (Lipinski definition) is 2. The topological polar surface area (TPSA) is 40.5 Å². The van der Waals surface area contributed by atoms with Crippen molar-refractivity contribution in [1.82, 2.24) is 0 Å². The molecular weight excluding hydrogens is 250 g/mol. The van der Waals surface area contributed by atoms with Crippen LogP contribution in [0.2, 0.25) is 0 Å². The molecule has 0 aromatic heterocycles. The van der Waals surface area contributed by atoms with Crippen molar-refractivity contribution in [3.05, 3.63) is 65.7 Å². The summed E-state index contributed by atoms with van der Waals surface area (Å²) in [7, 11) is 0. The van der Waals surface area contributed by atoms with E-state index in [-0.39, 0.29) is 0 Å². The van der Waals surface area contributed by atoms with Gasteiger partial charge in [0.05, 0.1) is 11.6 Å². The van der Waals surface area contributed by atoms with Crippen LogP contribution in [0.5, 0.6) is 0 Å². The van der Waals surface area contributed by atoms with Crippen molar-refractivity contribution in [2.45, 2.75) is 18.9 Å². The zero-order valence-electron chi connectivity index (χ0n) is 11.2. The smallest absolute Gasteiger partial charge is 0.335 e. The normalized spacial score (nSPS) is 18.2. The van der Waals surface area contributed by atoms with Gasteiger partial charge in [-0.05, 0) is 42.7 Å². The molecule has 0 bridgehead atoms. The van der Waals surface area contributed by atoms with Gasteiger partial charge in [0.25, 0.3) is 0 Å². The van der Waals surface area contributed by atoms with E-state index in [9.17, 15) is 4.79 Å². The molecule has 0 aliphatic carbocycles. The highest BCUT2D eigenvalue weighted by Crippen LogP contribution is 2.35. The summed E-state index contributed by atoms with van der Waals surface area (Å²) in [4.78, 5) is 13.3. The standard InChI is InChI=1S/C17H17NO2/c19-17(20)14-10-8-13(9-11-14)16-7-4-12-18(16)15-5-2-1-3-6-15/h1-3,5-6,8-11,16H,4,7,12H2,(H,19,20). The lowest BCUT2D eigenvalue weighted by Gasteiger charge is -2.27. The van der Waals surface area contributed by atoms with Crippen LogP contribution >= 0.6 is 0 Å². The maximum atomic E-state index is 10.9. The molecular formula is C17H17NO2. The van der Waals surface area contributed by atoms with Crippen LogP contribution in [-0.2, 0) is 0 Å². The molecule has 2 aromatic carbocycles. The van der Waals surface area contributed by atoms with Crippen LogP contribution in [0.15, 0.2) is 54.6 Å². The van der Waals surface area contributed by atoms with Gasteiger partial charge in [0, 0.05) is 12.2 Å². The number of carboxylic acids is 1. The Hall–Kier alpha value is -2.29. The molecule has 1 aliphatic heterocycles. The van der Waals surface area contributed by atoms with Gasteiger partial charge in [-0.3, -0.25) is 0 Å². The summed E-state index contributed by atoms with van der Waals surface area (Å²) in [5, 5.41) is 8.96. The molecule has 0 amide bonds. The molecule has 1 saturated heterocycles. The molecule has 1 N–H and O–H groups in total. The predicted octanol–water partition coefficient (Wildman–Crippen LogP) is 3.73. The van der Waals surface area contributed by atoms with Crippen molar-refractivity contribution in [2.75, 3.05) is 11.4 Å². The third-order valence-electron chi connectivity index (χ3n) is 3.88. The third kappa shape index (κ3) is 2.39. The summed E-state index contributed by atoms with van der Waals surface area (Å²) in [6.45, 7) is 1.05. The van der Waals surface area contributed by atoms with Crippen LogP contribution < -0.4 is 4.90 Å². The molecule has 1 aliphatic rings. The highest BCUT2D eigenvalue weighted by atomic mass is 16.4. The second kappa shape index (κ2) is 5.37. The van der Waals surface area contributed by atoms with Crippen LogP contribution in [0.25, 0.3) is 0 Å². The van der Waals surface area contributed by atoms with E-state index in [1.807, 2.05) is 18.2 Å². The maximum absolute atomic E-state index is 10.9. The molecule has 2 aromatic rings. The van der Waals surface area contributed by atoms with Crippen molar-refractivity contribution >= 4 is 11.7 Å². The fourth-order valence-electron chi connectivity index (χ4n) is 2.89. The van der Waals surface area contributed by atoms with Gasteiger partial charge in [0.15, 0.2) is 0 Å². The van der Waals surface area contributed by atoms with E-state index in [1.54, 1.807) is 12.1 Å². The van der Waals surface area contributed by atoms with Gasteiger partial charge in [-0.1, -0.05) is 30.3 Å². The second-order valence-electron chi connectivity index (χ2n) is 5.11. The van der Waals surface area contributed by atoms with Crippen LogP contribution in [0.4, 0.5) is 5.69 Å². The lowest BCUT2D eigenvalue weighted by molar-refractivity contribution is 0.0697. The molecule has 1 heterocycles. The van der Waals surface area contributed by atoms with Gasteiger partial charge in [-0.2, -0.15) is 0 Å². The minimum Gasteiger partial charge on any atom is -0.478 e. The van der Waals surface area contributed by atoms with E-state index < -0.39 is 5.97 Å². The molecule has 0 spiro atoms. The Labute approximate surface area is 118 Å². The van der Waals surface area contributed by atoms with Crippen molar-refractivity contribution in [3.8, 4) is 0 Å². The summed E-state index contributed by atoms with van der Waals surface area (Å²) < 4.78 is 0. The van der Waals surface area contributed by atoms with E-state index >= 15 is 0 Å². The zero-order chi connectivity index (χ0) is 13.9. The zero-order valence-corrected chi connectivity index (χ0v) is 11.2. The van der Waals surface area contributed by atoms with E-state index in [0.717, 1.165) is 13.0 Å². The highest BCUT2D eigenvalue weighted by Gasteiger charge is 2.26. The molecule has 1 fully saturated rings. The minimum absolute atomic E-state index is 0.345. The Morgan fingerprint density at radius 3 is 2.40 bits per heavy atom. The minimum atomic E-state index is -0.872. The van der Waals surface area contributed by atoms with Crippen molar-refractivity contribution in [3.63, 3.8) is 0 Å². The fraction of sp³-hybridized carbons (Fsp3) is 0.235. The lowest BCUT2D eigenvalue weighted by Crippen LogP contribution is -2.22. The number of hydrogen-bond donors (Lipinski definition) is 1. The SMILES string of the molecule is O=C(O)c1ccc(C2CCCN2c2ccccc2)cc1. The van der Waals surface area contributed by atoms with Crippen LogP contribution in [0.1, 0.15) is 34.8 Å². The predicted molar refractivity (Wildman–Crippen MR) is 79.2 cm³/mol. The Balaban J connectivity index is 1.87. The average molecular weight is 267 g/mol. The molecule has 1 atom stereocenters. The largest absolute Gasteiger partial charge is 0.478 e. The van der Waals surface area contributed by atoms with E-state index in [2.05, 4.69) is 29.2 Å². The van der Waals surface area contributed by atoms with Crippen molar-refractivity contribution in [2.24, 2.45) is 0 Å². The van der Waals surface area contributed by atoms with Crippen LogP contribution in [0, 0.1) is 0 Å². The van der Waals surface area contributed by atoms with Crippen LogP contribution in [-0.4, -0.2) is 17.6 Å². The number of anilines is 1. The van der Waals surface area contributed by atoms with Gasteiger partial charge in [-0.25, -0.2) is 4.79 Å². The van der Waals surface area contributed by atoms with E-state index in [1.165, 1.54) is 17.7 Å². The number of para-hydroxylation sites is 1. The first-order chi connectivity index (χ1) is 9.75. The first kappa shape index (κ1) is 12.7. The number of aromatic carboxylic acids is 1.